The summed E-state index contributed by atoms with van der Waals surface area (Å²) in [7, 11) is 1.73. The predicted molar refractivity (Wildman–Crippen MR) is 78.4 cm³/mol. The predicted octanol–water partition coefficient (Wildman–Crippen LogP) is 3.60. The zero-order valence-corrected chi connectivity index (χ0v) is 12.3. The third-order valence-electron chi connectivity index (χ3n) is 3.05. The molecule has 2 aromatic carbocycles. The van der Waals surface area contributed by atoms with E-state index in [0.29, 0.717) is 5.56 Å². The van der Waals surface area contributed by atoms with Crippen molar-refractivity contribution < 1.29 is 14.3 Å². The van der Waals surface area contributed by atoms with Gasteiger partial charge in [-0.2, -0.15) is 0 Å². The van der Waals surface area contributed by atoms with Crippen LogP contribution >= 0.6 is 15.9 Å². The number of hydrogen-bond acceptors (Lipinski definition) is 2. The Balaban J connectivity index is 2.41. The SMILES string of the molecule is CNC(c1ccc(C(=O)O)cc1)c1cc(Br)ccc1F. The Morgan fingerprint density at radius 3 is 2.45 bits per heavy atom. The van der Waals surface area contributed by atoms with Gasteiger partial charge < -0.3 is 10.4 Å². The highest BCUT2D eigenvalue weighted by atomic mass is 79.9. The fourth-order valence-electron chi connectivity index (χ4n) is 2.06. The van der Waals surface area contributed by atoms with Crippen LogP contribution in [0.3, 0.4) is 0 Å². The molecule has 0 aromatic heterocycles. The van der Waals surface area contributed by atoms with Gasteiger partial charge in [0.05, 0.1) is 11.6 Å². The molecule has 0 saturated heterocycles. The van der Waals surface area contributed by atoms with Crippen LogP contribution in [0.15, 0.2) is 46.9 Å². The first-order chi connectivity index (χ1) is 9.52. The largest absolute Gasteiger partial charge is 0.478 e. The highest BCUT2D eigenvalue weighted by Crippen LogP contribution is 2.27. The molecule has 0 fully saturated rings. The Hall–Kier alpha value is -1.72. The third kappa shape index (κ3) is 3.05. The summed E-state index contributed by atoms with van der Waals surface area (Å²) in [5, 5.41) is 11.9. The fraction of sp³-hybridized carbons (Fsp3) is 0.133. The standard InChI is InChI=1S/C15H13BrFNO2/c1-18-14(12-8-11(16)6-7-13(12)17)9-2-4-10(5-3-9)15(19)20/h2-8,14,18H,1H3,(H,19,20). The molecule has 2 N–H and O–H groups in total. The number of carbonyl (C=O) groups is 1. The molecule has 1 unspecified atom stereocenters. The average Bonchev–Trinajstić information content (AvgIpc) is 2.44. The lowest BCUT2D eigenvalue weighted by molar-refractivity contribution is 0.0697. The van der Waals surface area contributed by atoms with Gasteiger partial charge in [0.1, 0.15) is 5.82 Å². The van der Waals surface area contributed by atoms with E-state index in [1.54, 1.807) is 31.3 Å². The Bertz CT molecular complexity index is 628. The molecule has 0 amide bonds. The molecule has 0 saturated carbocycles. The maximum absolute atomic E-state index is 13.9. The molecule has 104 valence electrons. The monoisotopic (exact) mass is 337 g/mol. The van der Waals surface area contributed by atoms with Crippen molar-refractivity contribution in [1.29, 1.82) is 0 Å². The van der Waals surface area contributed by atoms with Crippen LogP contribution < -0.4 is 5.32 Å². The average molecular weight is 338 g/mol. The minimum absolute atomic E-state index is 0.207. The first kappa shape index (κ1) is 14.7. The van der Waals surface area contributed by atoms with Gasteiger partial charge in [-0.3, -0.25) is 0 Å². The van der Waals surface area contributed by atoms with Gasteiger partial charge in [0, 0.05) is 10.0 Å². The van der Waals surface area contributed by atoms with Crippen molar-refractivity contribution in [1.82, 2.24) is 5.32 Å². The highest BCUT2D eigenvalue weighted by molar-refractivity contribution is 9.10. The summed E-state index contributed by atoms with van der Waals surface area (Å²) in [6.07, 6.45) is 0. The van der Waals surface area contributed by atoms with Crippen molar-refractivity contribution in [2.75, 3.05) is 7.05 Å². The van der Waals surface area contributed by atoms with Crippen molar-refractivity contribution in [2.24, 2.45) is 0 Å². The molecule has 5 heteroatoms. The molecule has 20 heavy (non-hydrogen) atoms. The van der Waals surface area contributed by atoms with Gasteiger partial charge in [-0.05, 0) is 42.9 Å². The van der Waals surface area contributed by atoms with Crippen LogP contribution in [-0.4, -0.2) is 18.1 Å². The Kier molecular flexibility index (Phi) is 4.52. The number of aromatic carboxylic acids is 1. The summed E-state index contributed by atoms with van der Waals surface area (Å²) in [5.74, 6) is -1.29. The van der Waals surface area contributed by atoms with Crippen molar-refractivity contribution >= 4 is 21.9 Å². The van der Waals surface area contributed by atoms with Crippen LogP contribution in [0.2, 0.25) is 0 Å². The number of carboxylic acid groups (broad SMARTS) is 1. The zero-order valence-electron chi connectivity index (χ0n) is 10.7. The molecule has 0 aliphatic heterocycles. The van der Waals surface area contributed by atoms with Crippen molar-refractivity contribution in [2.45, 2.75) is 6.04 Å². The van der Waals surface area contributed by atoms with Crippen LogP contribution in [-0.2, 0) is 0 Å². The zero-order chi connectivity index (χ0) is 14.7. The van der Waals surface area contributed by atoms with E-state index in [2.05, 4.69) is 21.2 Å². The van der Waals surface area contributed by atoms with Gasteiger partial charge in [0.25, 0.3) is 0 Å². The number of carboxylic acids is 1. The number of rotatable bonds is 4. The fourth-order valence-corrected chi connectivity index (χ4v) is 2.43. The van der Waals surface area contributed by atoms with E-state index in [1.165, 1.54) is 18.2 Å². The number of nitrogens with one attached hydrogen (secondary N) is 1. The first-order valence-electron chi connectivity index (χ1n) is 5.98. The Morgan fingerprint density at radius 2 is 1.90 bits per heavy atom. The van der Waals surface area contributed by atoms with Crippen LogP contribution in [0.5, 0.6) is 0 Å². The Labute approximate surface area is 124 Å². The van der Waals surface area contributed by atoms with Crippen LogP contribution in [0.25, 0.3) is 0 Å². The summed E-state index contributed by atoms with van der Waals surface area (Å²) < 4.78 is 14.7. The van der Waals surface area contributed by atoms with E-state index in [1.807, 2.05) is 0 Å². The van der Waals surface area contributed by atoms with Crippen LogP contribution in [0.1, 0.15) is 27.5 Å². The summed E-state index contributed by atoms with van der Waals surface area (Å²) >= 11 is 3.32. The molecule has 0 bridgehead atoms. The van der Waals surface area contributed by atoms with Gasteiger partial charge in [0.15, 0.2) is 0 Å². The molecule has 0 aliphatic rings. The molecular weight excluding hydrogens is 325 g/mol. The first-order valence-corrected chi connectivity index (χ1v) is 6.77. The number of halogens is 2. The van der Waals surface area contributed by atoms with Crippen LogP contribution in [0, 0.1) is 5.82 Å². The molecule has 0 spiro atoms. The lowest BCUT2D eigenvalue weighted by atomic mass is 9.97. The van der Waals surface area contributed by atoms with E-state index in [-0.39, 0.29) is 17.4 Å². The van der Waals surface area contributed by atoms with Crippen molar-refractivity contribution in [3.63, 3.8) is 0 Å². The summed E-state index contributed by atoms with van der Waals surface area (Å²) in [6.45, 7) is 0. The second kappa shape index (κ2) is 6.15. The maximum atomic E-state index is 13.9. The molecule has 3 nitrogen and oxygen atoms in total. The summed E-state index contributed by atoms with van der Waals surface area (Å²) in [4.78, 5) is 10.8. The van der Waals surface area contributed by atoms with E-state index in [4.69, 9.17) is 5.11 Å². The van der Waals surface area contributed by atoms with Gasteiger partial charge in [-0.1, -0.05) is 28.1 Å². The van der Waals surface area contributed by atoms with E-state index < -0.39 is 5.97 Å². The minimum Gasteiger partial charge on any atom is -0.478 e. The molecule has 0 aliphatic carbocycles. The Morgan fingerprint density at radius 1 is 1.25 bits per heavy atom. The normalized spacial score (nSPS) is 12.2. The minimum atomic E-state index is -0.980. The summed E-state index contributed by atoms with van der Waals surface area (Å²) in [5.41, 5.74) is 1.51. The lowest BCUT2D eigenvalue weighted by Crippen LogP contribution is -2.19. The molecule has 0 heterocycles. The smallest absolute Gasteiger partial charge is 0.335 e. The van der Waals surface area contributed by atoms with E-state index >= 15 is 0 Å². The van der Waals surface area contributed by atoms with Gasteiger partial charge >= 0.3 is 5.97 Å². The maximum Gasteiger partial charge on any atom is 0.335 e. The molecule has 2 rings (SSSR count). The topological polar surface area (TPSA) is 49.3 Å². The van der Waals surface area contributed by atoms with Crippen molar-refractivity contribution in [3.05, 3.63) is 69.4 Å². The number of hydrogen-bond donors (Lipinski definition) is 2. The highest BCUT2D eigenvalue weighted by Gasteiger charge is 2.17. The van der Waals surface area contributed by atoms with Crippen LogP contribution in [0.4, 0.5) is 4.39 Å². The quantitative estimate of drug-likeness (QED) is 0.896. The molecule has 1 atom stereocenters. The second-order valence-electron chi connectivity index (χ2n) is 4.31. The van der Waals surface area contributed by atoms with Gasteiger partial charge in [-0.15, -0.1) is 0 Å². The van der Waals surface area contributed by atoms with Crippen molar-refractivity contribution in [3.8, 4) is 0 Å². The summed E-state index contributed by atoms with van der Waals surface area (Å²) in [6, 6.07) is 10.8. The van der Waals surface area contributed by atoms with E-state index in [9.17, 15) is 9.18 Å². The molecule has 2 aromatic rings. The second-order valence-corrected chi connectivity index (χ2v) is 5.23. The van der Waals surface area contributed by atoms with Gasteiger partial charge in [0.2, 0.25) is 0 Å². The lowest BCUT2D eigenvalue weighted by Gasteiger charge is -2.18. The number of benzene rings is 2. The van der Waals surface area contributed by atoms with E-state index in [0.717, 1.165) is 10.0 Å². The van der Waals surface area contributed by atoms with Gasteiger partial charge in [-0.25, -0.2) is 9.18 Å². The molecular formula is C15H13BrFNO2. The molecule has 0 radical (unpaired) electrons. The third-order valence-corrected chi connectivity index (χ3v) is 3.54.